The third-order valence-electron chi connectivity index (χ3n) is 3.45. The molecule has 18 heavy (non-hydrogen) atoms. The minimum Gasteiger partial charge on any atom is -0.260 e. The summed E-state index contributed by atoms with van der Waals surface area (Å²) in [7, 11) is 0. The largest absolute Gasteiger partial charge is 0.260 e. The van der Waals surface area contributed by atoms with Crippen LogP contribution in [-0.2, 0) is 18.3 Å². The number of nitrogens with zero attached hydrogens (tertiary/aromatic N) is 1. The first-order chi connectivity index (χ1) is 8.49. The summed E-state index contributed by atoms with van der Waals surface area (Å²) < 4.78 is 0. The number of hydrogen-bond acceptors (Lipinski definition) is 1. The van der Waals surface area contributed by atoms with Gasteiger partial charge in [-0.2, -0.15) is 0 Å². The molecule has 0 unspecified atom stereocenters. The molecule has 0 atom stereocenters. The predicted molar refractivity (Wildman–Crippen MR) is 80.2 cm³/mol. The monoisotopic (exact) mass is 247 g/mol. The van der Waals surface area contributed by atoms with Gasteiger partial charge in [0.15, 0.2) is 0 Å². The number of aromatic nitrogens is 1. The van der Waals surface area contributed by atoms with E-state index >= 15 is 0 Å². The van der Waals surface area contributed by atoms with Crippen molar-refractivity contribution >= 4 is 0 Å². The van der Waals surface area contributed by atoms with Crippen molar-refractivity contribution in [2.45, 2.75) is 78.6 Å². The normalized spacial score (nSPS) is 11.8. The molecule has 1 aromatic rings. The van der Waals surface area contributed by atoms with E-state index in [0.717, 1.165) is 0 Å². The fraction of sp³-hybridized carbons (Fsp3) is 0.706. The van der Waals surface area contributed by atoms with Crippen LogP contribution in [-0.4, -0.2) is 4.98 Å². The first-order valence-electron chi connectivity index (χ1n) is 7.47. The molecule has 0 saturated carbocycles. The molecule has 102 valence electrons. The molecule has 1 nitrogen and oxygen atoms in total. The fourth-order valence-corrected chi connectivity index (χ4v) is 2.13. The molecule has 0 spiro atoms. The number of aryl methyl sites for hydroxylation is 2. The number of rotatable bonds is 6. The van der Waals surface area contributed by atoms with E-state index in [1.807, 2.05) is 0 Å². The quantitative estimate of drug-likeness (QED) is 0.684. The van der Waals surface area contributed by atoms with Gasteiger partial charge in [0.1, 0.15) is 0 Å². The summed E-state index contributed by atoms with van der Waals surface area (Å²) in [5, 5.41) is 0. The van der Waals surface area contributed by atoms with Crippen LogP contribution in [0.15, 0.2) is 12.3 Å². The van der Waals surface area contributed by atoms with Crippen LogP contribution in [0.5, 0.6) is 0 Å². The Labute approximate surface area is 113 Å². The van der Waals surface area contributed by atoms with E-state index in [1.165, 1.54) is 55.3 Å². The average molecular weight is 247 g/mol. The highest BCUT2D eigenvalue weighted by Crippen LogP contribution is 2.24. The number of unbranched alkanes of at least 4 members (excludes halogenated alkanes) is 2. The van der Waals surface area contributed by atoms with Crippen LogP contribution < -0.4 is 0 Å². The second kappa shape index (κ2) is 6.92. The van der Waals surface area contributed by atoms with E-state index in [2.05, 4.69) is 51.9 Å². The van der Waals surface area contributed by atoms with E-state index in [1.54, 1.807) is 0 Å². The summed E-state index contributed by atoms with van der Waals surface area (Å²) in [5.41, 5.74) is 4.39. The van der Waals surface area contributed by atoms with Crippen molar-refractivity contribution in [1.29, 1.82) is 0 Å². The smallest absolute Gasteiger partial charge is 0.0459 e. The van der Waals surface area contributed by atoms with Crippen molar-refractivity contribution in [3.05, 3.63) is 29.1 Å². The molecule has 0 N–H and O–H groups in total. The Bertz CT molecular complexity index is 360. The van der Waals surface area contributed by atoms with Crippen LogP contribution >= 0.6 is 0 Å². The SMILES string of the molecule is CCCCc1cnc(C(C)(C)C)cc1CCCC. The van der Waals surface area contributed by atoms with Gasteiger partial charge in [-0.05, 0) is 42.9 Å². The molecule has 0 amide bonds. The minimum atomic E-state index is 0.157. The lowest BCUT2D eigenvalue weighted by Crippen LogP contribution is -2.14. The van der Waals surface area contributed by atoms with Gasteiger partial charge in [-0.15, -0.1) is 0 Å². The summed E-state index contributed by atoms with van der Waals surface area (Å²) >= 11 is 0. The van der Waals surface area contributed by atoms with Crippen molar-refractivity contribution < 1.29 is 0 Å². The van der Waals surface area contributed by atoms with Crippen LogP contribution in [0, 0.1) is 0 Å². The molecule has 1 aromatic heterocycles. The standard InChI is InChI=1S/C17H29N/c1-6-8-10-14-12-16(17(3,4)5)18-13-15(14)11-9-7-2/h12-13H,6-11H2,1-5H3. The zero-order valence-corrected chi connectivity index (χ0v) is 12.8. The van der Waals surface area contributed by atoms with Gasteiger partial charge >= 0.3 is 0 Å². The second-order valence-corrected chi connectivity index (χ2v) is 6.30. The molecule has 1 rings (SSSR count). The molecule has 1 heterocycles. The fourth-order valence-electron chi connectivity index (χ4n) is 2.13. The maximum atomic E-state index is 4.67. The Morgan fingerprint density at radius 2 is 1.50 bits per heavy atom. The maximum Gasteiger partial charge on any atom is 0.0459 e. The molecule has 0 aliphatic rings. The van der Waals surface area contributed by atoms with Gasteiger partial charge in [0.2, 0.25) is 0 Å². The molecule has 0 saturated heterocycles. The highest BCUT2D eigenvalue weighted by Gasteiger charge is 2.16. The molecule has 0 aliphatic carbocycles. The van der Waals surface area contributed by atoms with E-state index < -0.39 is 0 Å². The highest BCUT2D eigenvalue weighted by molar-refractivity contribution is 5.29. The van der Waals surface area contributed by atoms with Crippen LogP contribution in [0.25, 0.3) is 0 Å². The molecule has 1 heteroatoms. The zero-order chi connectivity index (χ0) is 13.6. The van der Waals surface area contributed by atoms with E-state index in [-0.39, 0.29) is 5.41 Å². The van der Waals surface area contributed by atoms with Gasteiger partial charge < -0.3 is 0 Å². The van der Waals surface area contributed by atoms with Crippen molar-refractivity contribution in [1.82, 2.24) is 4.98 Å². The highest BCUT2D eigenvalue weighted by atomic mass is 14.7. The van der Waals surface area contributed by atoms with E-state index in [0.29, 0.717) is 0 Å². The molecule has 0 aliphatic heterocycles. The third-order valence-corrected chi connectivity index (χ3v) is 3.45. The van der Waals surface area contributed by atoms with Crippen LogP contribution in [0.4, 0.5) is 0 Å². The summed E-state index contributed by atoms with van der Waals surface area (Å²) in [6.45, 7) is 11.2. The summed E-state index contributed by atoms with van der Waals surface area (Å²) in [5.74, 6) is 0. The predicted octanol–water partition coefficient (Wildman–Crippen LogP) is 5.06. The number of pyridine rings is 1. The topological polar surface area (TPSA) is 12.9 Å². The number of hydrogen-bond donors (Lipinski definition) is 0. The Kier molecular flexibility index (Phi) is 5.84. The van der Waals surface area contributed by atoms with Crippen molar-refractivity contribution in [2.24, 2.45) is 0 Å². The molecule has 0 aromatic carbocycles. The van der Waals surface area contributed by atoms with Gasteiger partial charge in [-0.25, -0.2) is 0 Å². The third kappa shape index (κ3) is 4.44. The minimum absolute atomic E-state index is 0.157. The van der Waals surface area contributed by atoms with E-state index in [4.69, 9.17) is 0 Å². The summed E-state index contributed by atoms with van der Waals surface area (Å²) in [6, 6.07) is 2.35. The Morgan fingerprint density at radius 1 is 0.944 bits per heavy atom. The van der Waals surface area contributed by atoms with Crippen molar-refractivity contribution in [3.63, 3.8) is 0 Å². The van der Waals surface area contributed by atoms with Crippen LogP contribution in [0.2, 0.25) is 0 Å². The maximum absolute atomic E-state index is 4.67. The van der Waals surface area contributed by atoms with E-state index in [9.17, 15) is 0 Å². The van der Waals surface area contributed by atoms with Crippen LogP contribution in [0.3, 0.4) is 0 Å². The summed E-state index contributed by atoms with van der Waals surface area (Å²) in [6.07, 6.45) is 9.60. The molecular formula is C17H29N. The lowest BCUT2D eigenvalue weighted by atomic mass is 9.88. The van der Waals surface area contributed by atoms with Gasteiger partial charge in [0.25, 0.3) is 0 Å². The Hall–Kier alpha value is -0.850. The van der Waals surface area contributed by atoms with Crippen molar-refractivity contribution in [3.8, 4) is 0 Å². The van der Waals surface area contributed by atoms with Gasteiger partial charge in [0.05, 0.1) is 0 Å². The van der Waals surface area contributed by atoms with Gasteiger partial charge in [0, 0.05) is 17.3 Å². The average Bonchev–Trinajstić information content (AvgIpc) is 2.33. The zero-order valence-electron chi connectivity index (χ0n) is 12.8. The molecule has 0 bridgehead atoms. The second-order valence-electron chi connectivity index (χ2n) is 6.30. The molecule has 0 fully saturated rings. The molecular weight excluding hydrogens is 218 g/mol. The Morgan fingerprint density at radius 3 is 2.00 bits per heavy atom. The lowest BCUT2D eigenvalue weighted by molar-refractivity contribution is 0.566. The lowest BCUT2D eigenvalue weighted by Gasteiger charge is -2.20. The Balaban J connectivity index is 2.96. The summed E-state index contributed by atoms with van der Waals surface area (Å²) in [4.78, 5) is 4.67. The molecule has 0 radical (unpaired) electrons. The van der Waals surface area contributed by atoms with Gasteiger partial charge in [-0.3, -0.25) is 4.98 Å². The van der Waals surface area contributed by atoms with Crippen LogP contribution in [0.1, 0.15) is 77.1 Å². The van der Waals surface area contributed by atoms with Gasteiger partial charge in [-0.1, -0.05) is 47.5 Å². The first-order valence-corrected chi connectivity index (χ1v) is 7.47. The van der Waals surface area contributed by atoms with Crippen molar-refractivity contribution in [2.75, 3.05) is 0 Å². The first kappa shape index (κ1) is 15.2.